The summed E-state index contributed by atoms with van der Waals surface area (Å²) in [5.41, 5.74) is 0. The summed E-state index contributed by atoms with van der Waals surface area (Å²) in [5, 5.41) is 0.382. The van der Waals surface area contributed by atoms with Crippen LogP contribution in [-0.4, -0.2) is 21.5 Å². The summed E-state index contributed by atoms with van der Waals surface area (Å²) in [5.74, 6) is -0.891. The summed E-state index contributed by atoms with van der Waals surface area (Å²) in [6.45, 7) is 0. The molecule has 0 amide bonds. The Hall–Kier alpha value is -0.650. The van der Waals surface area contributed by atoms with Crippen molar-refractivity contribution in [2.45, 2.75) is 11.3 Å². The first-order valence-electron chi connectivity index (χ1n) is 3.16. The predicted octanol–water partition coefficient (Wildman–Crippen LogP) is 2.07. The van der Waals surface area contributed by atoms with Gasteiger partial charge in [-0.1, -0.05) is 11.8 Å². The Bertz CT molecular complexity index is 256. The lowest BCUT2D eigenvalue weighted by Crippen LogP contribution is -2.11. The second-order valence-electron chi connectivity index (χ2n) is 2.22. The van der Waals surface area contributed by atoms with Gasteiger partial charge in [0.2, 0.25) is 0 Å². The molecule has 0 spiro atoms. The minimum absolute atomic E-state index is 0.382. The molecule has 68 valence electrons. The van der Waals surface area contributed by atoms with Gasteiger partial charge in [-0.15, -0.1) is 0 Å². The number of alkyl halides is 3. The second-order valence-corrected chi connectivity index (χ2v) is 3.17. The molecule has 0 radical (unpaired) electrons. The van der Waals surface area contributed by atoms with Gasteiger partial charge in [0.05, 0.1) is 5.75 Å². The molecule has 0 fully saturated rings. The van der Waals surface area contributed by atoms with Crippen LogP contribution in [-0.2, 0) is 7.05 Å². The van der Waals surface area contributed by atoms with E-state index in [1.165, 1.54) is 6.20 Å². The molecule has 0 aliphatic carbocycles. The van der Waals surface area contributed by atoms with Crippen molar-refractivity contribution < 1.29 is 13.2 Å². The smallest absolute Gasteiger partial charge is 0.329 e. The molecule has 12 heavy (non-hydrogen) atoms. The maximum absolute atomic E-state index is 11.7. The number of halogens is 3. The monoisotopic (exact) mass is 196 g/mol. The number of rotatable bonds is 2. The van der Waals surface area contributed by atoms with Crippen molar-refractivity contribution in [1.82, 2.24) is 9.55 Å². The number of aromatic nitrogens is 2. The largest absolute Gasteiger partial charge is 0.398 e. The molecule has 0 atom stereocenters. The Morgan fingerprint density at radius 1 is 1.58 bits per heavy atom. The van der Waals surface area contributed by atoms with Gasteiger partial charge in [-0.25, -0.2) is 4.98 Å². The summed E-state index contributed by atoms with van der Waals surface area (Å²) >= 11 is 0.687. The van der Waals surface area contributed by atoms with Crippen molar-refractivity contribution in [3.8, 4) is 0 Å². The van der Waals surface area contributed by atoms with Gasteiger partial charge in [0.1, 0.15) is 0 Å². The van der Waals surface area contributed by atoms with Crippen LogP contribution in [0.4, 0.5) is 13.2 Å². The summed E-state index contributed by atoms with van der Waals surface area (Å²) in [4.78, 5) is 3.74. The molecule has 0 bridgehead atoms. The summed E-state index contributed by atoms with van der Waals surface area (Å²) in [6.07, 6.45) is -1.05. The fourth-order valence-electron chi connectivity index (χ4n) is 0.637. The molecule has 0 saturated heterocycles. The van der Waals surface area contributed by atoms with Crippen LogP contribution in [0.25, 0.3) is 0 Å². The zero-order valence-electron chi connectivity index (χ0n) is 6.30. The van der Waals surface area contributed by atoms with E-state index in [9.17, 15) is 13.2 Å². The zero-order chi connectivity index (χ0) is 9.19. The molecule has 1 heterocycles. The maximum atomic E-state index is 11.7. The maximum Gasteiger partial charge on any atom is 0.398 e. The Kier molecular flexibility index (Phi) is 2.66. The van der Waals surface area contributed by atoms with Crippen LogP contribution < -0.4 is 0 Å². The second kappa shape index (κ2) is 3.38. The third-order valence-electron chi connectivity index (χ3n) is 1.14. The minimum atomic E-state index is -4.13. The standard InChI is InChI=1S/C6H7F3N2S/c1-11-3-2-10-5(11)12-4-6(7,8)9/h2-3H,4H2,1H3. The average Bonchev–Trinajstić information content (AvgIpc) is 2.29. The molecule has 1 aromatic rings. The predicted molar refractivity (Wildman–Crippen MR) is 40.0 cm³/mol. The molecule has 0 aliphatic heterocycles. The van der Waals surface area contributed by atoms with Gasteiger partial charge in [0.15, 0.2) is 5.16 Å². The number of hydrogen-bond acceptors (Lipinski definition) is 2. The topological polar surface area (TPSA) is 17.8 Å². The minimum Gasteiger partial charge on any atom is -0.329 e. The van der Waals surface area contributed by atoms with Crippen LogP contribution >= 0.6 is 11.8 Å². The molecule has 6 heteroatoms. The highest BCUT2D eigenvalue weighted by molar-refractivity contribution is 7.99. The Morgan fingerprint density at radius 3 is 2.67 bits per heavy atom. The van der Waals surface area contributed by atoms with Gasteiger partial charge in [0.25, 0.3) is 0 Å². The number of aryl methyl sites for hydroxylation is 1. The lowest BCUT2D eigenvalue weighted by molar-refractivity contribution is -0.105. The molecule has 1 aromatic heterocycles. The third-order valence-corrected chi connectivity index (χ3v) is 2.27. The SMILES string of the molecule is Cn1ccnc1SCC(F)(F)F. The molecule has 0 saturated carbocycles. The van der Waals surface area contributed by atoms with Gasteiger partial charge >= 0.3 is 6.18 Å². The van der Waals surface area contributed by atoms with Gasteiger partial charge in [-0.05, 0) is 0 Å². The number of hydrogen-bond donors (Lipinski definition) is 0. The van der Waals surface area contributed by atoms with E-state index >= 15 is 0 Å². The van der Waals surface area contributed by atoms with Gasteiger partial charge in [-0.3, -0.25) is 0 Å². The van der Waals surface area contributed by atoms with Crippen LogP contribution in [0.5, 0.6) is 0 Å². The van der Waals surface area contributed by atoms with Crippen molar-refractivity contribution >= 4 is 11.8 Å². The van der Waals surface area contributed by atoms with Gasteiger partial charge in [0, 0.05) is 19.4 Å². The van der Waals surface area contributed by atoms with Crippen LogP contribution in [0.2, 0.25) is 0 Å². The van der Waals surface area contributed by atoms with Crippen LogP contribution in [0, 0.1) is 0 Å². The van der Waals surface area contributed by atoms with Crippen molar-refractivity contribution in [3.63, 3.8) is 0 Å². The molecule has 0 aromatic carbocycles. The van der Waals surface area contributed by atoms with Crippen molar-refractivity contribution in [1.29, 1.82) is 0 Å². The molecular formula is C6H7F3N2S. The first-order chi connectivity index (χ1) is 5.49. The van der Waals surface area contributed by atoms with E-state index in [1.54, 1.807) is 17.8 Å². The lowest BCUT2D eigenvalue weighted by Gasteiger charge is -2.04. The highest BCUT2D eigenvalue weighted by Crippen LogP contribution is 2.25. The first-order valence-corrected chi connectivity index (χ1v) is 4.14. The quantitative estimate of drug-likeness (QED) is 0.674. The van der Waals surface area contributed by atoms with E-state index in [2.05, 4.69) is 4.98 Å². The van der Waals surface area contributed by atoms with Crippen molar-refractivity contribution in [3.05, 3.63) is 12.4 Å². The normalized spacial score (nSPS) is 12.0. The van der Waals surface area contributed by atoms with E-state index in [4.69, 9.17) is 0 Å². The van der Waals surface area contributed by atoms with Crippen LogP contribution in [0.15, 0.2) is 17.6 Å². The molecule has 1 rings (SSSR count). The molecule has 2 nitrogen and oxygen atoms in total. The van der Waals surface area contributed by atoms with E-state index in [0.717, 1.165) is 0 Å². The van der Waals surface area contributed by atoms with Gasteiger partial charge in [-0.2, -0.15) is 13.2 Å². The average molecular weight is 196 g/mol. The third kappa shape index (κ3) is 2.77. The van der Waals surface area contributed by atoms with Crippen LogP contribution in [0.3, 0.4) is 0 Å². The summed E-state index contributed by atoms with van der Waals surface area (Å²) < 4.78 is 36.7. The summed E-state index contributed by atoms with van der Waals surface area (Å²) in [7, 11) is 1.66. The Labute approximate surface area is 71.8 Å². The molecular weight excluding hydrogens is 189 g/mol. The number of thioether (sulfide) groups is 1. The fourth-order valence-corrected chi connectivity index (χ4v) is 1.33. The molecule has 0 N–H and O–H groups in total. The Balaban J connectivity index is 2.49. The first kappa shape index (κ1) is 9.44. The Morgan fingerprint density at radius 2 is 2.25 bits per heavy atom. The van der Waals surface area contributed by atoms with Crippen molar-refractivity contribution in [2.24, 2.45) is 7.05 Å². The van der Waals surface area contributed by atoms with Crippen LogP contribution in [0.1, 0.15) is 0 Å². The zero-order valence-corrected chi connectivity index (χ0v) is 7.11. The molecule has 0 aliphatic rings. The van der Waals surface area contributed by atoms with Crippen molar-refractivity contribution in [2.75, 3.05) is 5.75 Å². The number of imidazole rings is 1. The highest BCUT2D eigenvalue weighted by atomic mass is 32.2. The fraction of sp³-hybridized carbons (Fsp3) is 0.500. The van der Waals surface area contributed by atoms with E-state index < -0.39 is 11.9 Å². The van der Waals surface area contributed by atoms with E-state index in [-0.39, 0.29) is 0 Å². The lowest BCUT2D eigenvalue weighted by atomic mass is 10.8. The summed E-state index contributed by atoms with van der Waals surface area (Å²) in [6, 6.07) is 0. The van der Waals surface area contributed by atoms with E-state index in [1.807, 2.05) is 0 Å². The number of nitrogens with zero attached hydrogens (tertiary/aromatic N) is 2. The molecule has 0 unspecified atom stereocenters. The highest BCUT2D eigenvalue weighted by Gasteiger charge is 2.27. The van der Waals surface area contributed by atoms with E-state index in [0.29, 0.717) is 16.9 Å². The van der Waals surface area contributed by atoms with Gasteiger partial charge < -0.3 is 4.57 Å².